The van der Waals surface area contributed by atoms with Crippen molar-refractivity contribution in [2.24, 2.45) is 0 Å². The third-order valence-electron chi connectivity index (χ3n) is 3.37. The zero-order valence-corrected chi connectivity index (χ0v) is 10.5. The first-order chi connectivity index (χ1) is 8.08. The van der Waals surface area contributed by atoms with E-state index in [2.05, 4.69) is 16.8 Å². The Kier molecular flexibility index (Phi) is 3.52. The molecular formula is C13H20FN3. The van der Waals surface area contributed by atoms with Gasteiger partial charge in [-0.2, -0.15) is 0 Å². The molecule has 0 aliphatic carbocycles. The molecule has 1 heterocycles. The van der Waals surface area contributed by atoms with Gasteiger partial charge in [0.1, 0.15) is 5.82 Å². The van der Waals surface area contributed by atoms with Crippen molar-refractivity contribution in [3.63, 3.8) is 0 Å². The molecule has 3 nitrogen and oxygen atoms in total. The molecule has 1 saturated heterocycles. The van der Waals surface area contributed by atoms with Crippen LogP contribution in [-0.2, 0) is 0 Å². The molecule has 17 heavy (non-hydrogen) atoms. The van der Waals surface area contributed by atoms with Gasteiger partial charge in [0.25, 0.3) is 0 Å². The molecule has 0 saturated carbocycles. The van der Waals surface area contributed by atoms with Crippen LogP contribution in [0.25, 0.3) is 0 Å². The zero-order valence-electron chi connectivity index (χ0n) is 10.5. The minimum absolute atomic E-state index is 0.224. The van der Waals surface area contributed by atoms with Crippen molar-refractivity contribution in [2.75, 3.05) is 43.9 Å². The van der Waals surface area contributed by atoms with Crippen LogP contribution in [0.5, 0.6) is 0 Å². The van der Waals surface area contributed by atoms with Crippen molar-refractivity contribution < 1.29 is 4.39 Å². The van der Waals surface area contributed by atoms with Crippen molar-refractivity contribution in [1.29, 1.82) is 0 Å². The molecule has 1 aromatic carbocycles. The van der Waals surface area contributed by atoms with E-state index in [1.807, 2.05) is 6.07 Å². The van der Waals surface area contributed by atoms with Gasteiger partial charge in [-0.1, -0.05) is 0 Å². The fraction of sp³-hybridized carbons (Fsp3) is 0.538. The van der Waals surface area contributed by atoms with Gasteiger partial charge >= 0.3 is 0 Å². The first kappa shape index (κ1) is 12.2. The molecule has 0 atom stereocenters. The van der Waals surface area contributed by atoms with E-state index < -0.39 is 0 Å². The Bertz CT molecular complexity index is 406. The highest BCUT2D eigenvalue weighted by Gasteiger charge is 2.15. The molecule has 0 unspecified atom stereocenters. The molecule has 0 amide bonds. The van der Waals surface area contributed by atoms with Crippen LogP contribution in [0, 0.1) is 12.7 Å². The van der Waals surface area contributed by atoms with Crippen LogP contribution in [0.3, 0.4) is 0 Å². The number of anilines is 2. The maximum atomic E-state index is 13.4. The Morgan fingerprint density at radius 2 is 1.94 bits per heavy atom. The molecule has 4 heteroatoms. The molecular weight excluding hydrogens is 217 g/mol. The molecule has 1 aliphatic rings. The molecule has 1 aromatic rings. The third kappa shape index (κ3) is 2.69. The quantitative estimate of drug-likeness (QED) is 0.757. The van der Waals surface area contributed by atoms with Gasteiger partial charge in [-0.25, -0.2) is 4.39 Å². The van der Waals surface area contributed by atoms with Crippen LogP contribution in [-0.4, -0.2) is 38.1 Å². The maximum absolute atomic E-state index is 13.4. The summed E-state index contributed by atoms with van der Waals surface area (Å²) in [6.07, 6.45) is 1.12. The van der Waals surface area contributed by atoms with Crippen LogP contribution in [0.4, 0.5) is 15.8 Å². The van der Waals surface area contributed by atoms with E-state index in [9.17, 15) is 4.39 Å². The minimum Gasteiger partial charge on any atom is -0.397 e. The lowest BCUT2D eigenvalue weighted by Crippen LogP contribution is -2.29. The summed E-state index contributed by atoms with van der Waals surface area (Å²) in [5.74, 6) is -0.224. The summed E-state index contributed by atoms with van der Waals surface area (Å²) in [7, 11) is 2.13. The molecule has 94 valence electrons. The Hall–Kier alpha value is -1.29. The number of nitrogens with zero attached hydrogens (tertiary/aromatic N) is 2. The first-order valence-electron chi connectivity index (χ1n) is 6.07. The lowest BCUT2D eigenvalue weighted by Gasteiger charge is -2.25. The number of nitrogens with two attached hydrogens (primary N) is 1. The molecule has 0 bridgehead atoms. The summed E-state index contributed by atoms with van der Waals surface area (Å²) >= 11 is 0. The van der Waals surface area contributed by atoms with Crippen molar-refractivity contribution in [2.45, 2.75) is 13.3 Å². The van der Waals surface area contributed by atoms with Crippen LogP contribution in [0.1, 0.15) is 12.0 Å². The van der Waals surface area contributed by atoms with Gasteiger partial charge in [0.05, 0.1) is 11.4 Å². The number of hydrogen-bond acceptors (Lipinski definition) is 3. The number of benzene rings is 1. The third-order valence-corrected chi connectivity index (χ3v) is 3.37. The van der Waals surface area contributed by atoms with Gasteiger partial charge in [0.2, 0.25) is 0 Å². The molecule has 0 spiro atoms. The first-order valence-corrected chi connectivity index (χ1v) is 6.07. The Labute approximate surface area is 102 Å². The second kappa shape index (κ2) is 4.92. The van der Waals surface area contributed by atoms with Gasteiger partial charge < -0.3 is 15.5 Å². The number of hydrogen-bond donors (Lipinski definition) is 1. The van der Waals surface area contributed by atoms with Gasteiger partial charge in [-0.05, 0) is 44.6 Å². The Morgan fingerprint density at radius 3 is 2.71 bits per heavy atom. The van der Waals surface area contributed by atoms with E-state index in [0.717, 1.165) is 38.3 Å². The summed E-state index contributed by atoms with van der Waals surface area (Å²) in [6, 6.07) is 3.29. The molecule has 2 rings (SSSR count). The fourth-order valence-corrected chi connectivity index (χ4v) is 2.24. The molecule has 2 N–H and O–H groups in total. The van der Waals surface area contributed by atoms with Crippen LogP contribution in [0.2, 0.25) is 0 Å². The van der Waals surface area contributed by atoms with E-state index in [1.54, 1.807) is 6.92 Å². The molecule has 1 aliphatic heterocycles. The lowest BCUT2D eigenvalue weighted by atomic mass is 10.1. The van der Waals surface area contributed by atoms with Crippen LogP contribution >= 0.6 is 0 Å². The van der Waals surface area contributed by atoms with E-state index >= 15 is 0 Å². The highest BCUT2D eigenvalue weighted by atomic mass is 19.1. The maximum Gasteiger partial charge on any atom is 0.128 e. The topological polar surface area (TPSA) is 32.5 Å². The minimum atomic E-state index is -0.224. The average Bonchev–Trinajstić information content (AvgIpc) is 2.49. The monoisotopic (exact) mass is 237 g/mol. The van der Waals surface area contributed by atoms with Gasteiger partial charge in [0, 0.05) is 19.6 Å². The molecule has 0 radical (unpaired) electrons. The summed E-state index contributed by atoms with van der Waals surface area (Å²) in [5, 5.41) is 0. The van der Waals surface area contributed by atoms with Crippen LogP contribution < -0.4 is 10.6 Å². The zero-order chi connectivity index (χ0) is 12.4. The highest BCUT2D eigenvalue weighted by molar-refractivity contribution is 5.68. The largest absolute Gasteiger partial charge is 0.397 e. The second-order valence-electron chi connectivity index (χ2n) is 4.80. The normalized spacial score (nSPS) is 18.2. The predicted molar refractivity (Wildman–Crippen MR) is 69.9 cm³/mol. The Balaban J connectivity index is 2.24. The van der Waals surface area contributed by atoms with Crippen molar-refractivity contribution in [3.8, 4) is 0 Å². The second-order valence-corrected chi connectivity index (χ2v) is 4.80. The fourth-order valence-electron chi connectivity index (χ4n) is 2.24. The van der Waals surface area contributed by atoms with E-state index in [1.165, 1.54) is 6.07 Å². The predicted octanol–water partition coefficient (Wildman–Crippen LogP) is 1.86. The highest BCUT2D eigenvalue weighted by Crippen LogP contribution is 2.27. The number of likely N-dealkylation sites (N-methyl/N-ethyl adjacent to an activating group) is 1. The Morgan fingerprint density at radius 1 is 1.18 bits per heavy atom. The smallest absolute Gasteiger partial charge is 0.128 e. The summed E-state index contributed by atoms with van der Waals surface area (Å²) in [6.45, 7) is 5.85. The van der Waals surface area contributed by atoms with Crippen LogP contribution in [0.15, 0.2) is 12.1 Å². The van der Waals surface area contributed by atoms with E-state index in [4.69, 9.17) is 5.73 Å². The molecule has 0 aromatic heterocycles. The van der Waals surface area contributed by atoms with Crippen molar-refractivity contribution in [3.05, 3.63) is 23.5 Å². The van der Waals surface area contributed by atoms with Crippen molar-refractivity contribution >= 4 is 11.4 Å². The van der Waals surface area contributed by atoms with E-state index in [-0.39, 0.29) is 5.82 Å². The SMILES string of the molecule is Cc1cc(N2CCCN(C)CC2)c(N)cc1F. The number of aryl methyl sites for hydroxylation is 1. The number of nitrogen functional groups attached to an aromatic ring is 1. The molecule has 1 fully saturated rings. The summed E-state index contributed by atoms with van der Waals surface area (Å²) in [5.41, 5.74) is 8.08. The summed E-state index contributed by atoms with van der Waals surface area (Å²) < 4.78 is 13.4. The van der Waals surface area contributed by atoms with Crippen molar-refractivity contribution in [1.82, 2.24) is 4.90 Å². The van der Waals surface area contributed by atoms with Gasteiger partial charge in [-0.3, -0.25) is 0 Å². The summed E-state index contributed by atoms with van der Waals surface area (Å²) in [4.78, 5) is 4.57. The lowest BCUT2D eigenvalue weighted by molar-refractivity contribution is 0.360. The van der Waals surface area contributed by atoms with Gasteiger partial charge in [0.15, 0.2) is 0 Å². The standard InChI is InChI=1S/C13H20FN3/c1-10-8-13(12(15)9-11(10)14)17-5-3-4-16(2)6-7-17/h8-9H,3-7,15H2,1-2H3. The number of halogens is 1. The number of rotatable bonds is 1. The average molecular weight is 237 g/mol. The van der Waals surface area contributed by atoms with E-state index in [0.29, 0.717) is 11.3 Å². The van der Waals surface area contributed by atoms with Gasteiger partial charge in [-0.15, -0.1) is 0 Å².